The summed E-state index contributed by atoms with van der Waals surface area (Å²) in [5.41, 5.74) is 0.352. The van der Waals surface area contributed by atoms with E-state index in [9.17, 15) is 9.59 Å². The van der Waals surface area contributed by atoms with Gasteiger partial charge in [0.2, 0.25) is 5.91 Å². The Kier molecular flexibility index (Phi) is 6.20. The van der Waals surface area contributed by atoms with Gasteiger partial charge in [-0.25, -0.2) is 0 Å². The van der Waals surface area contributed by atoms with E-state index in [1.54, 1.807) is 0 Å². The Balaban J connectivity index is 2.78. The van der Waals surface area contributed by atoms with Crippen LogP contribution in [0.25, 0.3) is 0 Å². The lowest BCUT2D eigenvalue weighted by Crippen LogP contribution is -2.33. The predicted molar refractivity (Wildman–Crippen MR) is 81.6 cm³/mol. The van der Waals surface area contributed by atoms with Gasteiger partial charge in [0.25, 0.3) is 0 Å². The molecule has 1 amide bonds. The lowest BCUT2D eigenvalue weighted by Gasteiger charge is -2.23. The Morgan fingerprint density at radius 2 is 1.85 bits per heavy atom. The molecule has 0 aromatic heterocycles. The predicted octanol–water partition coefficient (Wildman–Crippen LogP) is 2.97. The van der Waals surface area contributed by atoms with Crippen molar-refractivity contribution in [3.05, 3.63) is 35.9 Å². The van der Waals surface area contributed by atoms with Gasteiger partial charge in [0.1, 0.15) is 5.60 Å². The fraction of sp³-hybridized carbons (Fsp3) is 0.467. The number of esters is 1. The van der Waals surface area contributed by atoms with Crippen LogP contribution in [0.4, 0.5) is 0 Å². The largest absolute Gasteiger partial charge is 0.460 e. The molecule has 4 nitrogen and oxygen atoms in total. The zero-order valence-electron chi connectivity index (χ0n) is 12.0. The molecule has 0 aliphatic rings. The number of rotatable bonds is 5. The number of hydrogen-bond acceptors (Lipinski definition) is 3. The number of amides is 1. The summed E-state index contributed by atoms with van der Waals surface area (Å²) in [5, 5.41) is 3.01. The van der Waals surface area contributed by atoms with Crippen molar-refractivity contribution in [1.29, 1.82) is 0 Å². The van der Waals surface area contributed by atoms with Crippen molar-refractivity contribution in [3.63, 3.8) is 0 Å². The molecule has 1 rings (SSSR count). The number of carbonyl (C=O) groups is 2. The third-order valence-corrected chi connectivity index (χ3v) is 2.96. The maximum absolute atomic E-state index is 11.9. The highest BCUT2D eigenvalue weighted by atomic mass is 79.9. The first kappa shape index (κ1) is 16.7. The maximum atomic E-state index is 11.9. The van der Waals surface area contributed by atoms with Crippen molar-refractivity contribution in [3.8, 4) is 0 Å². The standard InChI is InChI=1S/C15H20BrNO3/c1-15(2,3)20-14(19)9-12(17-13(18)10-16)11-7-5-4-6-8-11/h4-8,12H,9-10H2,1-3H3,(H,17,18)/t12-/m0/s1. The van der Waals surface area contributed by atoms with Gasteiger partial charge in [0.15, 0.2) is 0 Å². The molecule has 5 heteroatoms. The van der Waals surface area contributed by atoms with Crippen LogP contribution in [-0.4, -0.2) is 22.8 Å². The summed E-state index contributed by atoms with van der Waals surface area (Å²) in [6.45, 7) is 5.46. The average Bonchev–Trinajstić information content (AvgIpc) is 2.36. The van der Waals surface area contributed by atoms with Crippen molar-refractivity contribution in [1.82, 2.24) is 5.32 Å². The highest BCUT2D eigenvalue weighted by Crippen LogP contribution is 2.19. The Labute approximate surface area is 128 Å². The molecule has 0 saturated carbocycles. The van der Waals surface area contributed by atoms with Gasteiger partial charge in [0.05, 0.1) is 17.8 Å². The van der Waals surface area contributed by atoms with Crippen LogP contribution in [0.15, 0.2) is 30.3 Å². The third kappa shape index (κ3) is 6.19. The number of carbonyl (C=O) groups excluding carboxylic acids is 2. The molecule has 0 unspecified atom stereocenters. The molecule has 1 aromatic carbocycles. The first-order chi connectivity index (χ1) is 9.31. The topological polar surface area (TPSA) is 55.4 Å². The SMILES string of the molecule is CC(C)(C)OC(=O)C[C@H](NC(=O)CBr)c1ccccc1. The van der Waals surface area contributed by atoms with Gasteiger partial charge in [-0.05, 0) is 26.3 Å². The van der Waals surface area contributed by atoms with Crippen LogP contribution in [0.1, 0.15) is 38.8 Å². The van der Waals surface area contributed by atoms with Gasteiger partial charge in [-0.1, -0.05) is 46.3 Å². The highest BCUT2D eigenvalue weighted by molar-refractivity contribution is 9.09. The molecule has 0 spiro atoms. The minimum Gasteiger partial charge on any atom is -0.460 e. The minimum absolute atomic E-state index is 0.111. The summed E-state index contributed by atoms with van der Waals surface area (Å²) < 4.78 is 5.30. The fourth-order valence-electron chi connectivity index (χ4n) is 1.72. The average molecular weight is 342 g/mol. The molecule has 0 fully saturated rings. The zero-order valence-corrected chi connectivity index (χ0v) is 13.6. The Morgan fingerprint density at radius 1 is 1.25 bits per heavy atom. The van der Waals surface area contributed by atoms with Crippen molar-refractivity contribution in [2.75, 3.05) is 5.33 Å². The smallest absolute Gasteiger partial charge is 0.308 e. The van der Waals surface area contributed by atoms with Gasteiger partial charge >= 0.3 is 5.97 Å². The van der Waals surface area contributed by atoms with Crippen LogP contribution in [0.2, 0.25) is 0 Å². The van der Waals surface area contributed by atoms with E-state index in [1.165, 1.54) is 0 Å². The van der Waals surface area contributed by atoms with Crippen molar-refractivity contribution >= 4 is 27.8 Å². The van der Waals surface area contributed by atoms with Gasteiger partial charge in [-0.15, -0.1) is 0 Å². The van der Waals surface area contributed by atoms with Crippen LogP contribution in [0.3, 0.4) is 0 Å². The van der Waals surface area contributed by atoms with Gasteiger partial charge < -0.3 is 10.1 Å². The Bertz CT molecular complexity index is 454. The van der Waals surface area contributed by atoms with Crippen LogP contribution in [-0.2, 0) is 14.3 Å². The minimum atomic E-state index is -0.530. The van der Waals surface area contributed by atoms with E-state index < -0.39 is 5.60 Å². The number of hydrogen-bond donors (Lipinski definition) is 1. The number of ether oxygens (including phenoxy) is 1. The Morgan fingerprint density at radius 3 is 2.35 bits per heavy atom. The van der Waals surface area contributed by atoms with Gasteiger partial charge in [-0.2, -0.15) is 0 Å². The fourth-order valence-corrected chi connectivity index (χ4v) is 1.88. The number of alkyl halides is 1. The molecule has 1 aromatic rings. The highest BCUT2D eigenvalue weighted by Gasteiger charge is 2.22. The van der Waals surface area contributed by atoms with Crippen LogP contribution in [0, 0.1) is 0 Å². The summed E-state index contributed by atoms with van der Waals surface area (Å²) in [4.78, 5) is 23.5. The summed E-state index contributed by atoms with van der Waals surface area (Å²) in [7, 11) is 0. The molecular formula is C15H20BrNO3. The summed E-state index contributed by atoms with van der Waals surface area (Å²) >= 11 is 3.10. The second kappa shape index (κ2) is 7.43. The Hall–Kier alpha value is -1.36. The number of benzene rings is 1. The summed E-state index contributed by atoms with van der Waals surface area (Å²) in [5.74, 6) is -0.497. The van der Waals surface area contributed by atoms with E-state index in [-0.39, 0.29) is 29.7 Å². The van der Waals surface area contributed by atoms with Crippen LogP contribution < -0.4 is 5.32 Å². The quantitative estimate of drug-likeness (QED) is 0.661. The van der Waals surface area contributed by atoms with E-state index in [2.05, 4.69) is 21.2 Å². The van der Waals surface area contributed by atoms with Crippen LogP contribution in [0.5, 0.6) is 0 Å². The van der Waals surface area contributed by atoms with E-state index >= 15 is 0 Å². The molecule has 0 heterocycles. The number of halogens is 1. The third-order valence-electron chi connectivity index (χ3n) is 2.45. The molecule has 110 valence electrons. The molecular weight excluding hydrogens is 322 g/mol. The van der Waals surface area contributed by atoms with Crippen molar-refractivity contribution in [2.45, 2.75) is 38.8 Å². The second-order valence-electron chi connectivity index (χ2n) is 5.45. The molecule has 0 aliphatic heterocycles. The molecule has 1 N–H and O–H groups in total. The maximum Gasteiger partial charge on any atom is 0.308 e. The van der Waals surface area contributed by atoms with Crippen molar-refractivity contribution < 1.29 is 14.3 Å². The molecule has 0 bridgehead atoms. The second-order valence-corrected chi connectivity index (χ2v) is 6.02. The normalized spacial score (nSPS) is 12.6. The lowest BCUT2D eigenvalue weighted by molar-refractivity contribution is -0.155. The monoisotopic (exact) mass is 341 g/mol. The van der Waals surface area contributed by atoms with E-state index in [0.29, 0.717) is 0 Å². The summed E-state index contributed by atoms with van der Waals surface area (Å²) in [6, 6.07) is 9.01. The van der Waals surface area contributed by atoms with Gasteiger partial charge in [0, 0.05) is 0 Å². The molecule has 0 aliphatic carbocycles. The first-order valence-electron chi connectivity index (χ1n) is 6.44. The van der Waals surface area contributed by atoms with E-state index in [4.69, 9.17) is 4.74 Å². The van der Waals surface area contributed by atoms with E-state index in [0.717, 1.165) is 5.56 Å². The van der Waals surface area contributed by atoms with Gasteiger partial charge in [-0.3, -0.25) is 9.59 Å². The molecule has 1 atom stereocenters. The molecule has 20 heavy (non-hydrogen) atoms. The molecule has 0 radical (unpaired) electrons. The summed E-state index contributed by atoms with van der Waals surface area (Å²) in [6.07, 6.45) is 0.111. The lowest BCUT2D eigenvalue weighted by atomic mass is 10.0. The first-order valence-corrected chi connectivity index (χ1v) is 7.56. The van der Waals surface area contributed by atoms with Crippen LogP contribution >= 0.6 is 15.9 Å². The zero-order chi connectivity index (χ0) is 15.2. The number of nitrogens with one attached hydrogen (secondary N) is 1. The van der Waals surface area contributed by atoms with Crippen molar-refractivity contribution in [2.24, 2.45) is 0 Å². The molecule has 0 saturated heterocycles. The van der Waals surface area contributed by atoms with E-state index in [1.807, 2.05) is 51.1 Å².